The number of nitrogens with one attached hydrogen (secondary N) is 1. The van der Waals surface area contributed by atoms with Gasteiger partial charge in [0.15, 0.2) is 0 Å². The second kappa shape index (κ2) is 6.71. The Morgan fingerprint density at radius 3 is 2.04 bits per heavy atom. The lowest BCUT2D eigenvalue weighted by Crippen LogP contribution is -2.67. The second-order valence-corrected chi connectivity index (χ2v) is 12.1. The Morgan fingerprint density at radius 1 is 0.571 bits per heavy atom. The highest BCUT2D eigenvalue weighted by atomic mass is 16.5. The van der Waals surface area contributed by atoms with Crippen molar-refractivity contribution >= 4 is 0 Å². The van der Waals surface area contributed by atoms with Crippen molar-refractivity contribution in [3.63, 3.8) is 0 Å². The number of ether oxygens (including phenoxy) is 1. The van der Waals surface area contributed by atoms with Crippen molar-refractivity contribution in [1.82, 2.24) is 5.32 Å². The summed E-state index contributed by atoms with van der Waals surface area (Å²) in [6.45, 7) is 0. The summed E-state index contributed by atoms with van der Waals surface area (Å²) < 4.78 is 7.16. The number of rotatable bonds is 0. The van der Waals surface area contributed by atoms with Gasteiger partial charge in [0.2, 0.25) is 0 Å². The second-order valence-electron chi connectivity index (χ2n) is 12.1. The van der Waals surface area contributed by atoms with Gasteiger partial charge in [0.25, 0.3) is 0 Å². The van der Waals surface area contributed by atoms with Gasteiger partial charge >= 0.3 is 0 Å². The van der Waals surface area contributed by atoms with Crippen LogP contribution in [-0.2, 0) is 4.74 Å². The first-order chi connectivity index (χ1) is 13.9. The topological polar surface area (TPSA) is 21.3 Å². The summed E-state index contributed by atoms with van der Waals surface area (Å²) in [4.78, 5) is 0. The largest absolute Gasteiger partial charge is 0.371 e. The molecular weight excluding hydrogens is 342 g/mol. The van der Waals surface area contributed by atoms with Gasteiger partial charge in [-0.2, -0.15) is 0 Å². The van der Waals surface area contributed by atoms with E-state index in [1.165, 1.54) is 57.8 Å². The number of morpholine rings is 1. The number of hydrogen-bond donors (Lipinski definition) is 1. The van der Waals surface area contributed by atoms with Gasteiger partial charge in [0, 0.05) is 12.1 Å². The molecule has 1 N–H and O–H groups in total. The van der Waals surface area contributed by atoms with Crippen molar-refractivity contribution in [3.05, 3.63) is 0 Å². The molecule has 12 unspecified atom stereocenters. The number of fused-ring (bicyclic) bond motifs is 11. The lowest BCUT2D eigenvalue weighted by molar-refractivity contribution is -0.177. The molecule has 7 aliphatic rings. The summed E-state index contributed by atoms with van der Waals surface area (Å²) in [7, 11) is 0. The molecule has 0 aromatic carbocycles. The average molecular weight is 384 g/mol. The van der Waals surface area contributed by atoms with Crippen LogP contribution in [0.3, 0.4) is 0 Å². The van der Waals surface area contributed by atoms with Crippen molar-refractivity contribution < 1.29 is 4.74 Å². The molecule has 0 aromatic heterocycles. The van der Waals surface area contributed by atoms with Crippen LogP contribution < -0.4 is 5.32 Å². The molecule has 7 rings (SSSR count). The quantitative estimate of drug-likeness (QED) is 0.592. The summed E-state index contributed by atoms with van der Waals surface area (Å²) in [5.74, 6) is 8.15. The minimum atomic E-state index is 0.540. The molecule has 0 radical (unpaired) electrons. The maximum absolute atomic E-state index is 7.16. The van der Waals surface area contributed by atoms with Crippen LogP contribution in [0, 0.1) is 47.3 Å². The van der Waals surface area contributed by atoms with Crippen molar-refractivity contribution in [2.45, 2.75) is 114 Å². The molecular formula is C26H41NO. The highest BCUT2D eigenvalue weighted by Crippen LogP contribution is 2.65. The highest BCUT2D eigenvalue weighted by molar-refractivity contribution is 5.15. The highest BCUT2D eigenvalue weighted by Gasteiger charge is 2.64. The van der Waals surface area contributed by atoms with Crippen LogP contribution in [0.4, 0.5) is 0 Å². The fraction of sp³-hybridized carbons (Fsp3) is 1.00. The van der Waals surface area contributed by atoms with Gasteiger partial charge < -0.3 is 10.1 Å². The molecule has 28 heavy (non-hydrogen) atoms. The minimum Gasteiger partial charge on any atom is -0.371 e. The Bertz CT molecular complexity index is 605. The van der Waals surface area contributed by atoms with Crippen LogP contribution >= 0.6 is 0 Å². The van der Waals surface area contributed by atoms with Gasteiger partial charge in [-0.25, -0.2) is 0 Å². The molecule has 0 bridgehead atoms. The van der Waals surface area contributed by atoms with Gasteiger partial charge in [-0.15, -0.1) is 0 Å². The van der Waals surface area contributed by atoms with Gasteiger partial charge in [-0.05, 0) is 85.9 Å². The molecule has 0 spiro atoms. The first-order valence-electron chi connectivity index (χ1n) is 13.3. The van der Waals surface area contributed by atoms with E-state index in [1.807, 2.05) is 0 Å². The fourth-order valence-electron chi connectivity index (χ4n) is 10.4. The first kappa shape index (κ1) is 17.6. The molecule has 0 aromatic rings. The third kappa shape index (κ3) is 2.46. The molecule has 2 heteroatoms. The molecule has 1 saturated heterocycles. The summed E-state index contributed by atoms with van der Waals surface area (Å²) >= 11 is 0. The Labute approximate surface area is 171 Å². The first-order valence-corrected chi connectivity index (χ1v) is 13.3. The van der Waals surface area contributed by atoms with E-state index in [0.717, 1.165) is 47.3 Å². The summed E-state index contributed by atoms with van der Waals surface area (Å²) in [6, 6.07) is 1.38. The van der Waals surface area contributed by atoms with Gasteiger partial charge in [0.1, 0.15) is 0 Å². The van der Waals surface area contributed by atoms with Crippen LogP contribution in [0.5, 0.6) is 0 Å². The summed E-state index contributed by atoms with van der Waals surface area (Å²) in [5.41, 5.74) is 0. The van der Waals surface area contributed by atoms with E-state index in [4.69, 9.17) is 4.74 Å². The summed E-state index contributed by atoms with van der Waals surface area (Å²) in [5, 5.41) is 4.32. The lowest BCUT2D eigenvalue weighted by atomic mass is 9.59. The molecule has 12 atom stereocenters. The Hall–Kier alpha value is -0.0800. The molecule has 0 amide bonds. The monoisotopic (exact) mass is 383 g/mol. The molecule has 6 saturated carbocycles. The molecule has 1 heterocycles. The van der Waals surface area contributed by atoms with Gasteiger partial charge in [0.05, 0.1) is 12.2 Å². The molecule has 6 aliphatic carbocycles. The zero-order valence-corrected chi connectivity index (χ0v) is 17.7. The van der Waals surface area contributed by atoms with E-state index in [-0.39, 0.29) is 0 Å². The van der Waals surface area contributed by atoms with E-state index in [0.29, 0.717) is 24.3 Å². The predicted molar refractivity (Wildman–Crippen MR) is 112 cm³/mol. The predicted octanol–water partition coefficient (Wildman–Crippen LogP) is 5.55. The van der Waals surface area contributed by atoms with E-state index in [9.17, 15) is 0 Å². The van der Waals surface area contributed by atoms with E-state index >= 15 is 0 Å². The zero-order valence-electron chi connectivity index (χ0n) is 17.7. The smallest absolute Gasteiger partial charge is 0.0769 e. The molecule has 156 valence electrons. The van der Waals surface area contributed by atoms with Crippen LogP contribution in [-0.4, -0.2) is 24.3 Å². The Morgan fingerprint density at radius 2 is 1.21 bits per heavy atom. The maximum Gasteiger partial charge on any atom is 0.0769 e. The molecule has 7 fully saturated rings. The third-order valence-corrected chi connectivity index (χ3v) is 11.2. The lowest BCUT2D eigenvalue weighted by Gasteiger charge is -2.56. The zero-order chi connectivity index (χ0) is 18.2. The van der Waals surface area contributed by atoms with Gasteiger partial charge in [-0.3, -0.25) is 0 Å². The van der Waals surface area contributed by atoms with Gasteiger partial charge in [-0.1, -0.05) is 51.4 Å². The third-order valence-electron chi connectivity index (χ3n) is 11.2. The fourth-order valence-corrected chi connectivity index (χ4v) is 10.4. The average Bonchev–Trinajstić information content (AvgIpc) is 3.31. The van der Waals surface area contributed by atoms with Crippen molar-refractivity contribution in [2.75, 3.05) is 0 Å². The van der Waals surface area contributed by atoms with E-state index < -0.39 is 0 Å². The van der Waals surface area contributed by atoms with Crippen LogP contribution in [0.15, 0.2) is 0 Å². The standard InChI is InChI=1S/C26H41NO/c1-3-9-17-16(8-1)14-20-23(17)19-13-15-7-2-4-10-18(15)24(19)26-25(20)27-21-11-5-6-12-22(21)28-26/h15-27H,1-14H2. The normalized spacial score (nSPS) is 60.0. The van der Waals surface area contributed by atoms with Crippen molar-refractivity contribution in [1.29, 1.82) is 0 Å². The van der Waals surface area contributed by atoms with Crippen LogP contribution in [0.1, 0.15) is 89.9 Å². The SMILES string of the molecule is C1CCC2C(C1)CC1C3NC4CCCCC4OC3C3C4CCCCC4CC3C21. The van der Waals surface area contributed by atoms with Crippen LogP contribution in [0.2, 0.25) is 0 Å². The Balaban J connectivity index is 1.27. The van der Waals surface area contributed by atoms with Crippen LogP contribution in [0.25, 0.3) is 0 Å². The van der Waals surface area contributed by atoms with Crippen molar-refractivity contribution in [3.8, 4) is 0 Å². The van der Waals surface area contributed by atoms with Crippen molar-refractivity contribution in [2.24, 2.45) is 47.3 Å². The molecule has 1 aliphatic heterocycles. The van der Waals surface area contributed by atoms with E-state index in [1.54, 1.807) is 32.1 Å². The van der Waals surface area contributed by atoms with E-state index in [2.05, 4.69) is 5.32 Å². The summed E-state index contributed by atoms with van der Waals surface area (Å²) in [6.07, 6.45) is 22.0. The Kier molecular flexibility index (Phi) is 4.21. The number of hydrogen-bond acceptors (Lipinski definition) is 2. The minimum absolute atomic E-state index is 0.540. The molecule has 2 nitrogen and oxygen atoms in total. The maximum atomic E-state index is 7.16.